The molecule has 12 heteroatoms. The number of anilines is 1. The van der Waals surface area contributed by atoms with Gasteiger partial charge in [0.2, 0.25) is 0 Å². The molecule has 5 rings (SSSR count). The summed E-state index contributed by atoms with van der Waals surface area (Å²) in [5.74, 6) is 0.198. The average Bonchev–Trinajstić information content (AvgIpc) is 3.37. The van der Waals surface area contributed by atoms with E-state index in [0.717, 1.165) is 50.5 Å². The Morgan fingerprint density at radius 1 is 0.972 bits per heavy atom. The Labute approximate surface area is 208 Å². The highest BCUT2D eigenvalue weighted by Gasteiger charge is 2.17. The molecule has 0 radical (unpaired) electrons. The van der Waals surface area contributed by atoms with E-state index in [1.54, 1.807) is 42.7 Å². The van der Waals surface area contributed by atoms with E-state index in [1.165, 1.54) is 12.1 Å². The number of benzene rings is 1. The Hall–Kier alpha value is -3.87. The van der Waals surface area contributed by atoms with Gasteiger partial charge in [0, 0.05) is 43.2 Å². The number of nitrogens with one attached hydrogen (secondary N) is 2. The lowest BCUT2D eigenvalue weighted by Gasteiger charge is -2.26. The molecule has 0 saturated carbocycles. The quantitative estimate of drug-likeness (QED) is 0.390. The standard InChI is InChI=1S/C24H25N7O4S/c32-24(29-36(33,34)20-4-2-1-3-5-20)28-23-7-6-21-22(27-23)14-18(15-25-21)19-16-26-31(17-19)9-8-30-10-12-35-13-11-30/h1-7,14-17H,8-13H2,(H2,27,28,29,32). The van der Waals surface area contributed by atoms with Gasteiger partial charge in [0.25, 0.3) is 10.0 Å². The molecule has 4 heterocycles. The van der Waals surface area contributed by atoms with Crippen LogP contribution in [0.5, 0.6) is 0 Å². The van der Waals surface area contributed by atoms with Crippen molar-refractivity contribution in [3.05, 3.63) is 67.1 Å². The third-order valence-corrected chi connectivity index (χ3v) is 7.12. The molecule has 2 N–H and O–H groups in total. The molecule has 11 nitrogen and oxygen atoms in total. The van der Waals surface area contributed by atoms with Crippen LogP contribution >= 0.6 is 0 Å². The van der Waals surface area contributed by atoms with Crippen LogP contribution in [0.2, 0.25) is 0 Å². The van der Waals surface area contributed by atoms with Crippen LogP contribution < -0.4 is 10.0 Å². The van der Waals surface area contributed by atoms with Crippen LogP contribution in [0.1, 0.15) is 0 Å². The Bertz CT molecular complexity index is 1470. The van der Waals surface area contributed by atoms with Crippen LogP contribution in [-0.2, 0) is 21.3 Å². The minimum atomic E-state index is -4.00. The van der Waals surface area contributed by atoms with Crippen molar-refractivity contribution in [3.63, 3.8) is 0 Å². The first kappa shape index (κ1) is 23.9. The highest BCUT2D eigenvalue weighted by atomic mass is 32.2. The van der Waals surface area contributed by atoms with Gasteiger partial charge in [-0.25, -0.2) is 22.9 Å². The summed E-state index contributed by atoms with van der Waals surface area (Å²) in [6.45, 7) is 5.07. The van der Waals surface area contributed by atoms with E-state index in [-0.39, 0.29) is 10.7 Å². The molecule has 1 aliphatic heterocycles. The largest absolute Gasteiger partial charge is 0.379 e. The highest BCUT2D eigenvalue weighted by molar-refractivity contribution is 7.90. The average molecular weight is 508 g/mol. The number of morpholine rings is 1. The molecule has 4 aromatic rings. The van der Waals surface area contributed by atoms with Gasteiger partial charge in [0.05, 0.1) is 41.9 Å². The lowest BCUT2D eigenvalue weighted by molar-refractivity contribution is 0.0360. The number of carbonyl (C=O) groups is 1. The monoisotopic (exact) mass is 507 g/mol. The summed E-state index contributed by atoms with van der Waals surface area (Å²) in [6.07, 6.45) is 5.50. The lowest BCUT2D eigenvalue weighted by Crippen LogP contribution is -2.38. The Morgan fingerprint density at radius 2 is 1.78 bits per heavy atom. The molecular weight excluding hydrogens is 482 g/mol. The van der Waals surface area contributed by atoms with E-state index in [0.29, 0.717) is 11.0 Å². The molecule has 36 heavy (non-hydrogen) atoms. The van der Waals surface area contributed by atoms with E-state index in [2.05, 4.69) is 25.3 Å². The number of rotatable bonds is 7. The predicted octanol–water partition coefficient (Wildman–Crippen LogP) is 2.34. The molecule has 0 bridgehead atoms. The van der Waals surface area contributed by atoms with Crippen molar-refractivity contribution in [1.29, 1.82) is 0 Å². The Kier molecular flexibility index (Phi) is 6.89. The van der Waals surface area contributed by atoms with Gasteiger partial charge in [0.15, 0.2) is 0 Å². The van der Waals surface area contributed by atoms with Crippen LogP contribution in [0, 0.1) is 0 Å². The second kappa shape index (κ2) is 10.4. The topological polar surface area (TPSA) is 131 Å². The van der Waals surface area contributed by atoms with E-state index in [4.69, 9.17) is 4.74 Å². The minimum absolute atomic E-state index is 0.00838. The number of sulfonamides is 1. The molecular formula is C24H25N7O4S. The van der Waals surface area contributed by atoms with Crippen LogP contribution in [-0.4, -0.2) is 71.9 Å². The second-order valence-electron chi connectivity index (χ2n) is 8.28. The number of hydrogen-bond acceptors (Lipinski definition) is 8. The van der Waals surface area contributed by atoms with Gasteiger partial charge < -0.3 is 4.74 Å². The Balaban J connectivity index is 1.26. The first-order chi connectivity index (χ1) is 17.5. The SMILES string of the molecule is O=C(Nc1ccc2ncc(-c3cnn(CCN4CCOCC4)c3)cc2n1)NS(=O)(=O)c1ccccc1. The molecule has 1 aliphatic rings. The van der Waals surface area contributed by atoms with Crippen molar-refractivity contribution in [2.45, 2.75) is 11.4 Å². The maximum absolute atomic E-state index is 12.4. The summed E-state index contributed by atoms with van der Waals surface area (Å²) in [7, 11) is -4.00. The molecule has 2 amide bonds. The fourth-order valence-electron chi connectivity index (χ4n) is 3.86. The molecule has 0 unspecified atom stereocenters. The zero-order valence-corrected chi connectivity index (χ0v) is 20.2. The van der Waals surface area contributed by atoms with E-state index in [9.17, 15) is 13.2 Å². The number of amides is 2. The second-order valence-corrected chi connectivity index (χ2v) is 9.96. The number of pyridine rings is 2. The first-order valence-electron chi connectivity index (χ1n) is 11.4. The summed E-state index contributed by atoms with van der Waals surface area (Å²) < 4.78 is 34.0. The molecule has 1 fully saturated rings. The third kappa shape index (κ3) is 5.67. The number of carbonyl (C=O) groups excluding carboxylic acids is 1. The molecule has 1 saturated heterocycles. The molecule has 0 spiro atoms. The molecule has 0 aliphatic carbocycles. The lowest BCUT2D eigenvalue weighted by atomic mass is 10.1. The van der Waals surface area contributed by atoms with Crippen molar-refractivity contribution in [2.75, 3.05) is 38.2 Å². The van der Waals surface area contributed by atoms with Crippen LogP contribution in [0.15, 0.2) is 72.0 Å². The Morgan fingerprint density at radius 3 is 2.58 bits per heavy atom. The maximum Gasteiger partial charge on any atom is 0.334 e. The van der Waals surface area contributed by atoms with E-state index < -0.39 is 16.1 Å². The normalized spacial score (nSPS) is 14.6. The van der Waals surface area contributed by atoms with Crippen molar-refractivity contribution >= 4 is 32.9 Å². The molecule has 0 atom stereocenters. The van der Waals surface area contributed by atoms with Crippen molar-refractivity contribution in [1.82, 2.24) is 29.4 Å². The van der Waals surface area contributed by atoms with Crippen LogP contribution in [0.3, 0.4) is 0 Å². The third-order valence-electron chi connectivity index (χ3n) is 5.78. The summed E-state index contributed by atoms with van der Waals surface area (Å²) in [4.78, 5) is 23.6. The van der Waals surface area contributed by atoms with Gasteiger partial charge >= 0.3 is 6.03 Å². The zero-order chi connectivity index (χ0) is 25.0. The summed E-state index contributed by atoms with van der Waals surface area (Å²) >= 11 is 0. The van der Waals surface area contributed by atoms with E-state index in [1.807, 2.05) is 21.7 Å². The van der Waals surface area contributed by atoms with Crippen molar-refractivity contribution in [2.24, 2.45) is 0 Å². The van der Waals surface area contributed by atoms with Gasteiger partial charge in [-0.1, -0.05) is 18.2 Å². The minimum Gasteiger partial charge on any atom is -0.379 e. The van der Waals surface area contributed by atoms with Gasteiger partial charge in [0.1, 0.15) is 5.82 Å². The number of fused-ring (bicyclic) bond motifs is 1. The fourth-order valence-corrected chi connectivity index (χ4v) is 4.79. The number of urea groups is 1. The predicted molar refractivity (Wildman–Crippen MR) is 134 cm³/mol. The van der Waals surface area contributed by atoms with Gasteiger partial charge in [-0.15, -0.1) is 0 Å². The smallest absolute Gasteiger partial charge is 0.334 e. The number of nitrogens with zero attached hydrogens (tertiary/aromatic N) is 5. The van der Waals surface area contributed by atoms with Crippen LogP contribution in [0.4, 0.5) is 10.6 Å². The zero-order valence-electron chi connectivity index (χ0n) is 19.4. The number of aromatic nitrogens is 4. The van der Waals surface area contributed by atoms with Gasteiger partial charge in [-0.05, 0) is 30.3 Å². The number of ether oxygens (including phenoxy) is 1. The summed E-state index contributed by atoms with van der Waals surface area (Å²) in [6, 6.07) is 11.9. The van der Waals surface area contributed by atoms with Gasteiger partial charge in [-0.3, -0.25) is 19.9 Å². The summed E-state index contributed by atoms with van der Waals surface area (Å²) in [5.41, 5.74) is 2.93. The molecule has 186 valence electrons. The van der Waals surface area contributed by atoms with Crippen molar-refractivity contribution in [3.8, 4) is 11.1 Å². The first-order valence-corrected chi connectivity index (χ1v) is 12.9. The van der Waals surface area contributed by atoms with Gasteiger partial charge in [-0.2, -0.15) is 5.10 Å². The fraction of sp³-hybridized carbons (Fsp3) is 0.250. The number of hydrogen-bond donors (Lipinski definition) is 2. The maximum atomic E-state index is 12.4. The molecule has 3 aromatic heterocycles. The van der Waals surface area contributed by atoms with Crippen molar-refractivity contribution < 1.29 is 17.9 Å². The van der Waals surface area contributed by atoms with Crippen LogP contribution in [0.25, 0.3) is 22.2 Å². The highest BCUT2D eigenvalue weighted by Crippen LogP contribution is 2.22. The summed E-state index contributed by atoms with van der Waals surface area (Å²) in [5, 5.41) is 6.93. The molecule has 1 aromatic carbocycles. The van der Waals surface area contributed by atoms with E-state index >= 15 is 0 Å².